The summed E-state index contributed by atoms with van der Waals surface area (Å²) in [5.74, 6) is -0.968. The molecular formula is C16H15BrF3N4O-. The van der Waals surface area contributed by atoms with Gasteiger partial charge in [-0.25, -0.2) is 13.2 Å². The Bertz CT molecular complexity index is 745. The third kappa shape index (κ3) is 4.70. The number of nitrogens with one attached hydrogen (secondary N) is 1. The Hall–Kier alpha value is -2.13. The number of amidine groups is 1. The topological polar surface area (TPSA) is 84.3 Å². The first-order valence-corrected chi connectivity index (χ1v) is 7.91. The number of alkyl halides is 2. The molecule has 0 saturated carbocycles. The summed E-state index contributed by atoms with van der Waals surface area (Å²) >= 11 is 3.25. The summed E-state index contributed by atoms with van der Waals surface area (Å²) in [7, 11) is 0. The predicted octanol–water partition coefficient (Wildman–Crippen LogP) is 4.20. The highest BCUT2D eigenvalue weighted by Gasteiger charge is 2.46. The molecule has 1 atom stereocenters. The van der Waals surface area contributed by atoms with Crippen LogP contribution in [-0.4, -0.2) is 30.5 Å². The number of aromatic nitrogens is 1. The van der Waals surface area contributed by atoms with E-state index in [1.807, 2.05) is 12.1 Å². The standard InChI is InChI=1S/C11H11F3N3O.C5H4BrN/c12-8-2-1-6(15)3-7(8)11(10(13)14)5-18-4-9(16)17-11;6-5-2-1-3-7-4-5/h1-3,10,15H,4-5H2,(H2,16,17);1-4H/q-1;/t11-;/m0./s1. The van der Waals surface area contributed by atoms with Crippen LogP contribution in [0.3, 0.4) is 0 Å². The molecular weight excluding hydrogens is 401 g/mol. The Balaban J connectivity index is 0.000000269. The zero-order chi connectivity index (χ0) is 18.4. The van der Waals surface area contributed by atoms with Gasteiger partial charge in [0.15, 0.2) is 5.54 Å². The largest absolute Gasteiger partial charge is 0.699 e. The van der Waals surface area contributed by atoms with Crippen molar-refractivity contribution in [3.8, 4) is 0 Å². The Morgan fingerprint density at radius 2 is 2.08 bits per heavy atom. The number of nitrogens with two attached hydrogens (primary N) is 1. The third-order valence-electron chi connectivity index (χ3n) is 3.33. The zero-order valence-corrected chi connectivity index (χ0v) is 14.5. The van der Waals surface area contributed by atoms with Gasteiger partial charge in [-0.05, 0) is 34.1 Å². The molecule has 1 aliphatic heterocycles. The van der Waals surface area contributed by atoms with Gasteiger partial charge in [-0.15, -0.1) is 5.69 Å². The second-order valence-corrected chi connectivity index (χ2v) is 6.10. The molecule has 3 rings (SSSR count). The number of pyridine rings is 1. The number of ether oxygens (including phenoxy) is 1. The molecule has 25 heavy (non-hydrogen) atoms. The molecule has 0 radical (unpaired) electrons. The minimum absolute atomic E-state index is 0.0589. The molecule has 2 heterocycles. The highest BCUT2D eigenvalue weighted by Crippen LogP contribution is 2.38. The van der Waals surface area contributed by atoms with Gasteiger partial charge in [0.05, 0.1) is 6.61 Å². The Morgan fingerprint density at radius 3 is 2.60 bits per heavy atom. The molecule has 0 fully saturated rings. The van der Waals surface area contributed by atoms with Crippen molar-refractivity contribution >= 4 is 27.5 Å². The average molecular weight is 416 g/mol. The summed E-state index contributed by atoms with van der Waals surface area (Å²) in [4.78, 5) is 7.52. The van der Waals surface area contributed by atoms with Gasteiger partial charge in [0.25, 0.3) is 6.43 Å². The number of hydrogen-bond acceptors (Lipinski definition) is 4. The Labute approximate surface area is 151 Å². The molecule has 0 bridgehead atoms. The lowest BCUT2D eigenvalue weighted by Gasteiger charge is -2.33. The van der Waals surface area contributed by atoms with E-state index in [1.165, 1.54) is 6.07 Å². The van der Waals surface area contributed by atoms with E-state index in [0.29, 0.717) is 0 Å². The molecule has 134 valence electrons. The van der Waals surface area contributed by atoms with Gasteiger partial charge in [0, 0.05) is 22.4 Å². The highest BCUT2D eigenvalue weighted by molar-refractivity contribution is 9.10. The van der Waals surface area contributed by atoms with E-state index in [0.717, 1.165) is 16.6 Å². The minimum atomic E-state index is -2.98. The first kappa shape index (κ1) is 19.2. The fraction of sp³-hybridized carbons (Fsp3) is 0.250. The number of benzene rings is 1. The van der Waals surface area contributed by atoms with Gasteiger partial charge in [-0.3, -0.25) is 9.98 Å². The SMILES string of the molecule is Brc1cccnc1.[NH-]c1ccc(F)c([C@]2(C(F)F)COCC(N)=N2)c1. The van der Waals surface area contributed by atoms with Gasteiger partial charge in [-0.2, -0.15) is 0 Å². The lowest BCUT2D eigenvalue weighted by molar-refractivity contribution is -0.0145. The molecule has 0 saturated heterocycles. The molecule has 5 nitrogen and oxygen atoms in total. The summed E-state index contributed by atoms with van der Waals surface area (Å²) in [6, 6.07) is 6.97. The van der Waals surface area contributed by atoms with Crippen molar-refractivity contribution in [1.82, 2.24) is 4.98 Å². The zero-order valence-electron chi connectivity index (χ0n) is 12.9. The number of aliphatic imine (C=N–C) groups is 1. The number of rotatable bonds is 2. The summed E-state index contributed by atoms with van der Waals surface area (Å²) in [6.07, 6.45) is 0.512. The van der Waals surface area contributed by atoms with Gasteiger partial charge >= 0.3 is 0 Å². The van der Waals surface area contributed by atoms with Crippen molar-refractivity contribution < 1.29 is 17.9 Å². The van der Waals surface area contributed by atoms with Gasteiger partial charge in [0.2, 0.25) is 0 Å². The van der Waals surface area contributed by atoms with Crippen molar-refractivity contribution in [3.63, 3.8) is 0 Å². The number of halogens is 4. The summed E-state index contributed by atoms with van der Waals surface area (Å²) in [5.41, 5.74) is 10.2. The van der Waals surface area contributed by atoms with E-state index in [4.69, 9.17) is 16.2 Å². The van der Waals surface area contributed by atoms with Crippen LogP contribution in [0.15, 0.2) is 52.2 Å². The molecule has 1 aromatic carbocycles. The molecule has 0 amide bonds. The molecule has 0 unspecified atom stereocenters. The summed E-state index contributed by atoms with van der Waals surface area (Å²) in [6.45, 7) is -0.525. The molecule has 3 N–H and O–H groups in total. The Morgan fingerprint density at radius 1 is 1.32 bits per heavy atom. The minimum Gasteiger partial charge on any atom is -0.699 e. The van der Waals surface area contributed by atoms with Crippen LogP contribution in [0.25, 0.3) is 5.73 Å². The fourth-order valence-electron chi connectivity index (χ4n) is 2.20. The lowest BCUT2D eigenvalue weighted by atomic mass is 9.90. The van der Waals surface area contributed by atoms with Gasteiger partial charge < -0.3 is 16.2 Å². The summed E-state index contributed by atoms with van der Waals surface area (Å²) in [5, 5.41) is 0. The van der Waals surface area contributed by atoms with Crippen LogP contribution in [0.4, 0.5) is 18.9 Å². The van der Waals surface area contributed by atoms with Crippen LogP contribution >= 0.6 is 15.9 Å². The van der Waals surface area contributed by atoms with Crippen LogP contribution in [0.2, 0.25) is 0 Å². The van der Waals surface area contributed by atoms with Crippen LogP contribution in [-0.2, 0) is 10.3 Å². The van der Waals surface area contributed by atoms with E-state index in [1.54, 1.807) is 12.4 Å². The molecule has 1 aliphatic rings. The van der Waals surface area contributed by atoms with Crippen molar-refractivity contribution in [1.29, 1.82) is 0 Å². The average Bonchev–Trinajstić information content (AvgIpc) is 2.58. The molecule has 9 heteroatoms. The Kier molecular flexibility index (Phi) is 6.38. The number of nitrogens with zero attached hydrogens (tertiary/aromatic N) is 2. The molecule has 0 aliphatic carbocycles. The maximum Gasteiger partial charge on any atom is 0.269 e. The van der Waals surface area contributed by atoms with E-state index < -0.39 is 24.4 Å². The number of hydrogen-bond donors (Lipinski definition) is 1. The van der Waals surface area contributed by atoms with Gasteiger partial charge in [-0.1, -0.05) is 12.1 Å². The first-order valence-electron chi connectivity index (χ1n) is 7.12. The van der Waals surface area contributed by atoms with E-state index >= 15 is 0 Å². The van der Waals surface area contributed by atoms with E-state index in [9.17, 15) is 13.2 Å². The highest BCUT2D eigenvalue weighted by atomic mass is 79.9. The lowest BCUT2D eigenvalue weighted by Crippen LogP contribution is -2.45. The normalized spacial score (nSPS) is 19.8. The fourth-order valence-corrected chi connectivity index (χ4v) is 2.47. The van der Waals surface area contributed by atoms with Crippen LogP contribution in [0.1, 0.15) is 5.56 Å². The van der Waals surface area contributed by atoms with Crippen LogP contribution in [0, 0.1) is 5.82 Å². The van der Waals surface area contributed by atoms with Crippen LogP contribution in [0.5, 0.6) is 0 Å². The molecule has 2 aromatic rings. The maximum atomic E-state index is 13.7. The van der Waals surface area contributed by atoms with Crippen molar-refractivity contribution in [3.05, 3.63) is 64.3 Å². The van der Waals surface area contributed by atoms with Crippen molar-refractivity contribution in [2.75, 3.05) is 13.2 Å². The monoisotopic (exact) mass is 415 g/mol. The first-order chi connectivity index (χ1) is 11.8. The summed E-state index contributed by atoms with van der Waals surface area (Å²) < 4.78 is 46.2. The van der Waals surface area contributed by atoms with E-state index in [2.05, 4.69) is 25.9 Å². The molecule has 1 aromatic heterocycles. The quantitative estimate of drug-likeness (QED) is 0.797. The second-order valence-electron chi connectivity index (χ2n) is 5.19. The van der Waals surface area contributed by atoms with Crippen molar-refractivity contribution in [2.45, 2.75) is 12.0 Å². The molecule has 0 spiro atoms. The smallest absolute Gasteiger partial charge is 0.269 e. The van der Waals surface area contributed by atoms with Crippen LogP contribution < -0.4 is 5.73 Å². The third-order valence-corrected chi connectivity index (χ3v) is 3.80. The van der Waals surface area contributed by atoms with E-state index in [-0.39, 0.29) is 23.7 Å². The second kappa shape index (κ2) is 8.30. The predicted molar refractivity (Wildman–Crippen MR) is 92.4 cm³/mol. The maximum absolute atomic E-state index is 13.7. The van der Waals surface area contributed by atoms with Gasteiger partial charge in [0.1, 0.15) is 18.3 Å². The van der Waals surface area contributed by atoms with Crippen molar-refractivity contribution in [2.24, 2.45) is 10.7 Å².